The Morgan fingerprint density at radius 3 is 0.785 bits per heavy atom. The number of allylic oxidation sites excluding steroid dienone is 29. The van der Waals surface area contributed by atoms with Crippen molar-refractivity contribution in [3.63, 3.8) is 0 Å². The fourth-order valence-electron chi connectivity index (χ4n) is 7.86. The molecule has 0 spiro atoms. The summed E-state index contributed by atoms with van der Waals surface area (Å²) in [5.74, 6) is -1.11. The predicted octanol–water partition coefficient (Wildman–Crippen LogP) is 21.7. The first-order chi connectivity index (χ1) is 39.0. The SMILES string of the molecule is CC/C=C\C/C=C\C/C=C\C/C=C\C/C=C\C/C=C\C/C=C\CCCCCCCCCCCCCC(=O)OCC(COC(=O)CCCCC/C=C\C/C=C\C/C=C\CC)OC(=O)C/C=C\C/C=C\C/C=C\C/C=C\C/C=C\CC. The Bertz CT molecular complexity index is 1870. The monoisotopic (exact) mass is 1080 g/mol. The minimum absolute atomic E-state index is 0.0814. The van der Waals surface area contributed by atoms with Gasteiger partial charge in [0.25, 0.3) is 0 Å². The minimum Gasteiger partial charge on any atom is -0.462 e. The Morgan fingerprint density at radius 1 is 0.266 bits per heavy atom. The van der Waals surface area contributed by atoms with Crippen molar-refractivity contribution in [3.8, 4) is 0 Å². The lowest BCUT2D eigenvalue weighted by Gasteiger charge is -2.18. The first kappa shape index (κ1) is 73.5. The maximum absolute atomic E-state index is 12.8. The molecular weight excluding hydrogens is 973 g/mol. The normalized spacial score (nSPS) is 13.4. The van der Waals surface area contributed by atoms with E-state index in [2.05, 4.69) is 191 Å². The lowest BCUT2D eigenvalue weighted by atomic mass is 10.0. The van der Waals surface area contributed by atoms with Gasteiger partial charge in [0, 0.05) is 12.8 Å². The molecular formula is C73H112O6. The van der Waals surface area contributed by atoms with Crippen LogP contribution >= 0.6 is 0 Å². The molecule has 0 bridgehead atoms. The van der Waals surface area contributed by atoms with Gasteiger partial charge >= 0.3 is 17.9 Å². The molecule has 0 fully saturated rings. The molecule has 0 saturated carbocycles. The summed E-state index contributed by atoms with van der Waals surface area (Å²) in [6, 6.07) is 0. The molecule has 0 aliphatic carbocycles. The number of unbranched alkanes of at least 4 members (excludes halogenated alkanes) is 14. The molecule has 0 aromatic heterocycles. The van der Waals surface area contributed by atoms with Gasteiger partial charge in [-0.05, 0) is 135 Å². The van der Waals surface area contributed by atoms with Gasteiger partial charge < -0.3 is 14.2 Å². The quantitative estimate of drug-likeness (QED) is 0.0261. The van der Waals surface area contributed by atoms with Crippen LogP contribution in [0.5, 0.6) is 0 Å². The highest BCUT2D eigenvalue weighted by atomic mass is 16.6. The van der Waals surface area contributed by atoms with Gasteiger partial charge in [-0.3, -0.25) is 14.4 Å². The van der Waals surface area contributed by atoms with Gasteiger partial charge in [0.05, 0.1) is 6.42 Å². The third-order valence-corrected chi connectivity index (χ3v) is 12.4. The van der Waals surface area contributed by atoms with Gasteiger partial charge in [0.1, 0.15) is 13.2 Å². The van der Waals surface area contributed by atoms with Crippen molar-refractivity contribution < 1.29 is 28.6 Å². The van der Waals surface area contributed by atoms with Gasteiger partial charge in [-0.15, -0.1) is 0 Å². The number of carbonyl (C=O) groups excluding carboxylic acids is 3. The maximum atomic E-state index is 12.8. The summed E-state index contributed by atoms with van der Waals surface area (Å²) in [6.45, 7) is 6.17. The lowest BCUT2D eigenvalue weighted by molar-refractivity contribution is -0.166. The lowest BCUT2D eigenvalue weighted by Crippen LogP contribution is -2.30. The molecule has 0 amide bonds. The number of carbonyl (C=O) groups is 3. The number of hydrogen-bond acceptors (Lipinski definition) is 6. The molecule has 0 aliphatic rings. The second kappa shape index (κ2) is 65.0. The number of hydrogen-bond donors (Lipinski definition) is 0. The number of esters is 3. The van der Waals surface area contributed by atoms with E-state index in [0.29, 0.717) is 19.3 Å². The van der Waals surface area contributed by atoms with Gasteiger partial charge in [-0.2, -0.15) is 0 Å². The van der Waals surface area contributed by atoms with E-state index in [9.17, 15) is 14.4 Å². The van der Waals surface area contributed by atoms with Crippen LogP contribution in [0.4, 0.5) is 0 Å². The van der Waals surface area contributed by atoms with E-state index in [1.165, 1.54) is 57.8 Å². The summed E-state index contributed by atoms with van der Waals surface area (Å²) >= 11 is 0. The van der Waals surface area contributed by atoms with Crippen molar-refractivity contribution in [1.29, 1.82) is 0 Å². The number of rotatable bonds is 54. The van der Waals surface area contributed by atoms with Crippen LogP contribution in [-0.2, 0) is 28.6 Å². The molecule has 0 aliphatic heterocycles. The number of ether oxygens (including phenoxy) is 3. The molecule has 79 heavy (non-hydrogen) atoms. The second-order valence-electron chi connectivity index (χ2n) is 19.8. The third kappa shape index (κ3) is 63.2. The van der Waals surface area contributed by atoms with E-state index < -0.39 is 12.1 Å². The Kier molecular flexibility index (Phi) is 60.5. The Morgan fingerprint density at radius 2 is 0.494 bits per heavy atom. The summed E-state index contributed by atoms with van der Waals surface area (Å²) in [4.78, 5) is 38.1. The van der Waals surface area contributed by atoms with Crippen LogP contribution in [0.25, 0.3) is 0 Å². The van der Waals surface area contributed by atoms with E-state index in [1.54, 1.807) is 6.08 Å². The molecule has 0 aromatic carbocycles. The Balaban J connectivity index is 4.33. The second-order valence-corrected chi connectivity index (χ2v) is 19.8. The summed E-state index contributed by atoms with van der Waals surface area (Å²) in [5, 5.41) is 0. The van der Waals surface area contributed by atoms with Crippen molar-refractivity contribution in [2.75, 3.05) is 13.2 Å². The van der Waals surface area contributed by atoms with Gasteiger partial charge in [-0.25, -0.2) is 0 Å². The van der Waals surface area contributed by atoms with Crippen molar-refractivity contribution in [1.82, 2.24) is 0 Å². The maximum Gasteiger partial charge on any atom is 0.310 e. The smallest absolute Gasteiger partial charge is 0.310 e. The first-order valence-corrected chi connectivity index (χ1v) is 31.3. The van der Waals surface area contributed by atoms with E-state index in [1.807, 2.05) is 6.08 Å². The molecule has 6 nitrogen and oxygen atoms in total. The zero-order chi connectivity index (χ0) is 57.1. The zero-order valence-electron chi connectivity index (χ0n) is 50.3. The summed E-state index contributed by atoms with van der Waals surface area (Å²) in [5.41, 5.74) is 0. The molecule has 6 heteroatoms. The van der Waals surface area contributed by atoms with Crippen molar-refractivity contribution in [2.24, 2.45) is 0 Å². The van der Waals surface area contributed by atoms with Crippen LogP contribution in [0.1, 0.15) is 239 Å². The highest BCUT2D eigenvalue weighted by Crippen LogP contribution is 2.14. The van der Waals surface area contributed by atoms with Gasteiger partial charge in [0.15, 0.2) is 6.10 Å². The van der Waals surface area contributed by atoms with Gasteiger partial charge in [0.2, 0.25) is 0 Å². The van der Waals surface area contributed by atoms with Crippen LogP contribution in [0.15, 0.2) is 182 Å². The predicted molar refractivity (Wildman–Crippen MR) is 343 cm³/mol. The van der Waals surface area contributed by atoms with Crippen molar-refractivity contribution >= 4 is 17.9 Å². The fraction of sp³-hybridized carbons (Fsp3) is 0.548. The van der Waals surface area contributed by atoms with Crippen LogP contribution in [0, 0.1) is 0 Å². The molecule has 1 unspecified atom stereocenters. The van der Waals surface area contributed by atoms with E-state index in [4.69, 9.17) is 14.2 Å². The van der Waals surface area contributed by atoms with E-state index in [0.717, 1.165) is 135 Å². The molecule has 1 atom stereocenters. The van der Waals surface area contributed by atoms with Crippen LogP contribution < -0.4 is 0 Å². The molecule has 440 valence electrons. The summed E-state index contributed by atoms with van der Waals surface area (Å²) in [6.07, 6.45) is 97.9. The molecule has 0 radical (unpaired) electrons. The minimum atomic E-state index is -0.855. The highest BCUT2D eigenvalue weighted by molar-refractivity contribution is 5.72. The van der Waals surface area contributed by atoms with Crippen molar-refractivity contribution in [3.05, 3.63) is 182 Å². The molecule has 0 N–H and O–H groups in total. The van der Waals surface area contributed by atoms with Crippen molar-refractivity contribution in [2.45, 2.75) is 245 Å². The molecule has 0 heterocycles. The first-order valence-electron chi connectivity index (χ1n) is 31.3. The Hall–Kier alpha value is -5.49. The topological polar surface area (TPSA) is 78.9 Å². The fourth-order valence-corrected chi connectivity index (χ4v) is 7.86. The highest BCUT2D eigenvalue weighted by Gasteiger charge is 2.19. The average molecular weight is 1090 g/mol. The van der Waals surface area contributed by atoms with E-state index in [-0.39, 0.29) is 31.6 Å². The summed E-state index contributed by atoms with van der Waals surface area (Å²) in [7, 11) is 0. The molecule has 0 saturated heterocycles. The van der Waals surface area contributed by atoms with Crippen LogP contribution in [0.2, 0.25) is 0 Å². The Labute approximate surface area is 484 Å². The standard InChI is InChI=1S/C73H112O6/c1-4-7-10-13-16-19-22-25-27-28-29-30-31-32-33-34-35-36-37-38-39-40-41-42-43-44-46-48-51-54-57-60-63-66-72(75)78-69-70(68-77-71(74)65-62-59-56-53-50-47-24-21-18-15-12-9-6-3)79-73(76)67-64-61-58-55-52-49-45-26-23-20-17-14-11-8-5-2/h7-12,16-21,25-27,29-30,32-33,35-36,38-39,45,47,50,52,55,61,64,70H,4-6,13-15,22-24,28,31,34,37,40-44,46,48-49,51,53-54,56-60,62-63,65-69H2,1-3H3/b10-7-,11-8-,12-9-,19-16-,20-17-,21-18-,27-25-,30-29-,33-32-,36-35-,39-38-,45-26-,50-47-,55-52-,64-61-. The molecule has 0 rings (SSSR count). The average Bonchev–Trinajstić information content (AvgIpc) is 3.45. The van der Waals surface area contributed by atoms with Crippen LogP contribution in [0.3, 0.4) is 0 Å². The summed E-state index contributed by atoms with van der Waals surface area (Å²) < 4.78 is 16.7. The van der Waals surface area contributed by atoms with E-state index >= 15 is 0 Å². The largest absolute Gasteiger partial charge is 0.462 e. The third-order valence-electron chi connectivity index (χ3n) is 12.4. The molecule has 0 aromatic rings. The zero-order valence-corrected chi connectivity index (χ0v) is 50.3. The van der Waals surface area contributed by atoms with Gasteiger partial charge in [-0.1, -0.05) is 267 Å². The van der Waals surface area contributed by atoms with Crippen LogP contribution in [-0.4, -0.2) is 37.2 Å².